The number of hydrogen-bond donors (Lipinski definition) is 1. The Bertz CT molecular complexity index is 525. The number of benzene rings is 1. The Morgan fingerprint density at radius 1 is 1.42 bits per heavy atom. The second kappa shape index (κ2) is 5.88. The summed E-state index contributed by atoms with van der Waals surface area (Å²) in [6.07, 6.45) is 0.130. The first kappa shape index (κ1) is 13.6. The molecule has 1 aliphatic heterocycles. The van der Waals surface area contributed by atoms with Crippen LogP contribution < -0.4 is 5.32 Å². The zero-order valence-electron chi connectivity index (χ0n) is 10.7. The predicted molar refractivity (Wildman–Crippen MR) is 74.8 cm³/mol. The van der Waals surface area contributed by atoms with E-state index < -0.39 is 0 Å². The van der Waals surface area contributed by atoms with E-state index in [2.05, 4.69) is 15.0 Å². The maximum absolute atomic E-state index is 11.4. The summed E-state index contributed by atoms with van der Waals surface area (Å²) in [7, 11) is 1.33. The van der Waals surface area contributed by atoms with Crippen LogP contribution in [0, 0.1) is 6.92 Å². The maximum Gasteiger partial charge on any atom is 0.307 e. The van der Waals surface area contributed by atoms with Gasteiger partial charge in [-0.3, -0.25) is 9.59 Å². The van der Waals surface area contributed by atoms with Gasteiger partial charge in [0.05, 0.1) is 24.5 Å². The lowest BCUT2D eigenvalue weighted by molar-refractivity contribution is -0.140. The molecule has 19 heavy (non-hydrogen) atoms. The van der Waals surface area contributed by atoms with Crippen molar-refractivity contribution in [2.45, 2.75) is 18.6 Å². The van der Waals surface area contributed by atoms with E-state index in [4.69, 9.17) is 0 Å². The molecule has 1 saturated heterocycles. The molecule has 1 amide bonds. The van der Waals surface area contributed by atoms with Gasteiger partial charge in [0.2, 0.25) is 0 Å². The number of amides is 1. The van der Waals surface area contributed by atoms with Crippen molar-refractivity contribution in [3.8, 4) is 0 Å². The van der Waals surface area contributed by atoms with E-state index >= 15 is 0 Å². The van der Waals surface area contributed by atoms with Gasteiger partial charge >= 0.3 is 5.97 Å². The Morgan fingerprint density at radius 3 is 2.74 bits per heavy atom. The maximum atomic E-state index is 11.4. The normalized spacial score (nSPS) is 20.4. The number of aliphatic imine (C=N–C) groups is 1. The largest absolute Gasteiger partial charge is 0.469 e. The standard InChI is InChI=1S/C13H14N2O3S/c1-8-3-5-9(6-4-8)14-12-10(7-11(16)18-2)19-13(17)15-12/h3-6,10H,7H2,1-2H3,(H,14,15,17)/t10-/m0/s1. The minimum absolute atomic E-state index is 0.130. The highest BCUT2D eigenvalue weighted by atomic mass is 32.2. The summed E-state index contributed by atoms with van der Waals surface area (Å²) in [5.41, 5.74) is 1.89. The molecule has 1 heterocycles. The third-order valence-electron chi connectivity index (χ3n) is 2.65. The van der Waals surface area contributed by atoms with E-state index in [-0.39, 0.29) is 22.9 Å². The van der Waals surface area contributed by atoms with Crippen molar-refractivity contribution in [1.82, 2.24) is 5.32 Å². The molecule has 1 atom stereocenters. The van der Waals surface area contributed by atoms with Crippen LogP contribution in [0.4, 0.5) is 10.5 Å². The van der Waals surface area contributed by atoms with Gasteiger partial charge in [0, 0.05) is 0 Å². The molecule has 0 spiro atoms. The minimum Gasteiger partial charge on any atom is -0.469 e. The molecule has 1 N–H and O–H groups in total. The van der Waals surface area contributed by atoms with Crippen LogP contribution in [0.15, 0.2) is 29.3 Å². The van der Waals surface area contributed by atoms with E-state index in [0.717, 1.165) is 23.0 Å². The van der Waals surface area contributed by atoms with Gasteiger partial charge in [-0.1, -0.05) is 29.5 Å². The highest BCUT2D eigenvalue weighted by molar-refractivity contribution is 8.15. The van der Waals surface area contributed by atoms with Crippen molar-refractivity contribution in [3.63, 3.8) is 0 Å². The fraction of sp³-hybridized carbons (Fsp3) is 0.308. The van der Waals surface area contributed by atoms with Crippen molar-refractivity contribution in [1.29, 1.82) is 0 Å². The summed E-state index contributed by atoms with van der Waals surface area (Å²) in [6, 6.07) is 7.62. The number of nitrogens with one attached hydrogen (secondary N) is 1. The number of carbonyl (C=O) groups excluding carboxylic acids is 2. The lowest BCUT2D eigenvalue weighted by atomic mass is 10.2. The Hall–Kier alpha value is -1.82. The number of hydrogen-bond acceptors (Lipinski definition) is 5. The fourth-order valence-electron chi connectivity index (χ4n) is 1.63. The molecule has 0 unspecified atom stereocenters. The topological polar surface area (TPSA) is 67.8 Å². The van der Waals surface area contributed by atoms with Crippen molar-refractivity contribution < 1.29 is 14.3 Å². The monoisotopic (exact) mass is 278 g/mol. The van der Waals surface area contributed by atoms with E-state index in [1.54, 1.807) is 0 Å². The summed E-state index contributed by atoms with van der Waals surface area (Å²) in [4.78, 5) is 27.1. The van der Waals surface area contributed by atoms with Crippen LogP contribution in [0.2, 0.25) is 0 Å². The van der Waals surface area contributed by atoms with Crippen LogP contribution in [0.3, 0.4) is 0 Å². The van der Waals surface area contributed by atoms with Crippen LogP contribution in [-0.2, 0) is 9.53 Å². The van der Waals surface area contributed by atoms with Gasteiger partial charge in [0.25, 0.3) is 5.24 Å². The zero-order chi connectivity index (χ0) is 13.8. The van der Waals surface area contributed by atoms with Crippen molar-refractivity contribution in [3.05, 3.63) is 29.8 Å². The van der Waals surface area contributed by atoms with Crippen LogP contribution in [0.25, 0.3) is 0 Å². The lowest BCUT2D eigenvalue weighted by Crippen LogP contribution is -2.26. The van der Waals surface area contributed by atoms with Gasteiger partial charge in [-0.15, -0.1) is 0 Å². The molecule has 2 rings (SSSR count). The first-order valence-electron chi connectivity index (χ1n) is 5.78. The Labute approximate surface area is 115 Å². The average Bonchev–Trinajstić information content (AvgIpc) is 2.72. The second-order valence-electron chi connectivity index (χ2n) is 4.13. The average molecular weight is 278 g/mol. The van der Waals surface area contributed by atoms with Crippen molar-refractivity contribution in [2.75, 3.05) is 7.11 Å². The molecular weight excluding hydrogens is 264 g/mol. The number of ether oxygens (including phenoxy) is 1. The Balaban J connectivity index is 2.18. The summed E-state index contributed by atoms with van der Waals surface area (Å²) in [5.74, 6) is 0.148. The van der Waals surface area contributed by atoms with E-state index in [1.807, 2.05) is 31.2 Å². The van der Waals surface area contributed by atoms with Gasteiger partial charge in [-0.05, 0) is 19.1 Å². The van der Waals surface area contributed by atoms with Crippen molar-refractivity contribution >= 4 is 34.5 Å². The SMILES string of the molecule is COC(=O)C[C@@H]1SC(=O)NC1=Nc1ccc(C)cc1. The lowest BCUT2D eigenvalue weighted by Gasteiger charge is -2.07. The molecule has 0 aromatic heterocycles. The number of methoxy groups -OCH3 is 1. The quantitative estimate of drug-likeness (QED) is 0.862. The van der Waals surface area contributed by atoms with Crippen LogP contribution in [0.1, 0.15) is 12.0 Å². The molecule has 100 valence electrons. The molecule has 1 aromatic rings. The summed E-state index contributed by atoms with van der Waals surface area (Å²) < 4.78 is 4.62. The van der Waals surface area contributed by atoms with Crippen LogP contribution in [-0.4, -0.2) is 29.4 Å². The number of nitrogens with zero attached hydrogens (tertiary/aromatic N) is 1. The molecule has 1 fully saturated rings. The fourth-order valence-corrected chi connectivity index (χ4v) is 2.50. The van der Waals surface area contributed by atoms with Gasteiger partial charge in [0.1, 0.15) is 5.84 Å². The number of thioether (sulfide) groups is 1. The smallest absolute Gasteiger partial charge is 0.307 e. The van der Waals surface area contributed by atoms with Crippen molar-refractivity contribution in [2.24, 2.45) is 4.99 Å². The van der Waals surface area contributed by atoms with Crippen LogP contribution in [0.5, 0.6) is 0 Å². The molecule has 1 aliphatic rings. The number of carbonyl (C=O) groups is 2. The summed E-state index contributed by atoms with van der Waals surface area (Å²) in [6.45, 7) is 1.99. The molecule has 0 saturated carbocycles. The minimum atomic E-state index is -0.356. The van der Waals surface area contributed by atoms with Gasteiger partial charge < -0.3 is 10.1 Å². The third kappa shape index (κ3) is 3.57. The van der Waals surface area contributed by atoms with E-state index in [1.165, 1.54) is 7.11 Å². The molecule has 0 aliphatic carbocycles. The highest BCUT2D eigenvalue weighted by Crippen LogP contribution is 2.25. The number of rotatable bonds is 3. The number of esters is 1. The Kier molecular flexibility index (Phi) is 4.21. The highest BCUT2D eigenvalue weighted by Gasteiger charge is 2.31. The van der Waals surface area contributed by atoms with E-state index in [0.29, 0.717) is 5.84 Å². The first-order chi connectivity index (χ1) is 9.08. The Morgan fingerprint density at radius 2 is 2.11 bits per heavy atom. The number of amidine groups is 1. The van der Waals surface area contributed by atoms with E-state index in [9.17, 15) is 9.59 Å². The first-order valence-corrected chi connectivity index (χ1v) is 6.66. The van der Waals surface area contributed by atoms with Gasteiger partial charge in [0.15, 0.2) is 0 Å². The van der Waals surface area contributed by atoms with Gasteiger partial charge in [-0.25, -0.2) is 4.99 Å². The zero-order valence-corrected chi connectivity index (χ0v) is 11.5. The summed E-state index contributed by atoms with van der Waals surface area (Å²) >= 11 is 1.06. The predicted octanol–water partition coefficient (Wildman–Crippen LogP) is 2.41. The molecule has 5 nitrogen and oxygen atoms in total. The molecule has 0 radical (unpaired) electrons. The number of aryl methyl sites for hydroxylation is 1. The van der Waals surface area contributed by atoms with Crippen LogP contribution >= 0.6 is 11.8 Å². The molecule has 1 aromatic carbocycles. The molecule has 0 bridgehead atoms. The molecular formula is C13H14N2O3S. The van der Waals surface area contributed by atoms with Gasteiger partial charge in [-0.2, -0.15) is 0 Å². The summed E-state index contributed by atoms with van der Waals surface area (Å²) in [5, 5.41) is 2.16. The third-order valence-corrected chi connectivity index (χ3v) is 3.64. The second-order valence-corrected chi connectivity index (χ2v) is 5.31. The molecule has 6 heteroatoms.